The Kier molecular flexibility index (Phi) is 5.96. The van der Waals surface area contributed by atoms with Crippen LogP contribution in [0.3, 0.4) is 0 Å². The first-order valence-corrected chi connectivity index (χ1v) is 7.90. The van der Waals surface area contributed by atoms with Gasteiger partial charge in [-0.15, -0.1) is 12.4 Å². The Morgan fingerprint density at radius 2 is 2.09 bits per heavy atom. The molecule has 2 saturated heterocycles. The Hall–Kier alpha value is -1.66. The molecule has 23 heavy (non-hydrogen) atoms. The van der Waals surface area contributed by atoms with Gasteiger partial charge in [0.25, 0.3) is 5.69 Å². The molecular weight excluding hydrogens is 318 g/mol. The molecule has 126 valence electrons. The van der Waals surface area contributed by atoms with Crippen LogP contribution in [0.25, 0.3) is 0 Å². The maximum atomic E-state index is 12.6. The number of rotatable bonds is 4. The van der Waals surface area contributed by atoms with E-state index < -0.39 is 4.92 Å². The third-order valence-electron chi connectivity index (χ3n) is 4.69. The molecule has 2 unspecified atom stereocenters. The third kappa shape index (κ3) is 4.00. The molecule has 0 radical (unpaired) electrons. The van der Waals surface area contributed by atoms with Crippen LogP contribution < -0.4 is 5.32 Å². The minimum atomic E-state index is -0.397. The molecule has 0 spiro atoms. The molecule has 2 bridgehead atoms. The summed E-state index contributed by atoms with van der Waals surface area (Å²) in [6.07, 6.45) is 4.20. The summed E-state index contributed by atoms with van der Waals surface area (Å²) in [5.74, 6) is 0.183. The van der Waals surface area contributed by atoms with E-state index >= 15 is 0 Å². The minimum Gasteiger partial charge on any atom is -0.335 e. The molecule has 0 aromatic heterocycles. The Balaban J connectivity index is 0.00000192. The van der Waals surface area contributed by atoms with E-state index in [2.05, 4.69) is 10.2 Å². The van der Waals surface area contributed by atoms with Crippen LogP contribution in [-0.4, -0.2) is 40.9 Å². The van der Waals surface area contributed by atoms with Crippen molar-refractivity contribution in [2.75, 3.05) is 13.1 Å². The maximum Gasteiger partial charge on any atom is 0.269 e. The predicted octanol–water partition coefficient (Wildman–Crippen LogP) is 2.30. The van der Waals surface area contributed by atoms with Gasteiger partial charge >= 0.3 is 0 Å². The van der Waals surface area contributed by atoms with Crippen molar-refractivity contribution in [2.45, 2.75) is 44.2 Å². The second kappa shape index (κ2) is 7.75. The number of nitrogens with one attached hydrogen (secondary N) is 1. The van der Waals surface area contributed by atoms with E-state index in [1.165, 1.54) is 6.07 Å². The number of hydrogen-bond acceptors (Lipinski definition) is 4. The van der Waals surface area contributed by atoms with Crippen LogP contribution in [0.1, 0.15) is 31.2 Å². The van der Waals surface area contributed by atoms with E-state index in [-0.39, 0.29) is 24.0 Å². The SMILES string of the molecule is Cl.O=C(CCc1cccc([N+](=O)[O-])c1)N1C2CCNCC1CC2. The molecule has 0 saturated carbocycles. The zero-order valence-electron chi connectivity index (χ0n) is 12.9. The van der Waals surface area contributed by atoms with Gasteiger partial charge in [0.1, 0.15) is 0 Å². The summed E-state index contributed by atoms with van der Waals surface area (Å²) >= 11 is 0. The number of benzene rings is 1. The molecule has 2 atom stereocenters. The van der Waals surface area contributed by atoms with E-state index in [9.17, 15) is 14.9 Å². The molecule has 1 amide bonds. The van der Waals surface area contributed by atoms with Gasteiger partial charge in [0.15, 0.2) is 0 Å². The van der Waals surface area contributed by atoms with Crippen LogP contribution in [-0.2, 0) is 11.2 Å². The average Bonchev–Trinajstić information content (AvgIpc) is 2.78. The largest absolute Gasteiger partial charge is 0.335 e. The number of nitrogens with zero attached hydrogens (tertiary/aromatic N) is 2. The molecule has 2 aliphatic rings. The highest BCUT2D eigenvalue weighted by Gasteiger charge is 2.37. The zero-order valence-corrected chi connectivity index (χ0v) is 13.8. The van der Waals surface area contributed by atoms with Crippen molar-refractivity contribution in [1.82, 2.24) is 10.2 Å². The van der Waals surface area contributed by atoms with Crippen LogP contribution >= 0.6 is 12.4 Å². The molecule has 2 heterocycles. The van der Waals surface area contributed by atoms with E-state index in [0.717, 1.165) is 37.9 Å². The number of halogens is 1. The molecule has 2 fully saturated rings. The maximum absolute atomic E-state index is 12.6. The lowest BCUT2D eigenvalue weighted by molar-refractivity contribution is -0.384. The van der Waals surface area contributed by atoms with Gasteiger partial charge in [0, 0.05) is 37.2 Å². The number of amides is 1. The van der Waals surface area contributed by atoms with Crippen molar-refractivity contribution < 1.29 is 9.72 Å². The Morgan fingerprint density at radius 3 is 2.87 bits per heavy atom. The molecule has 3 rings (SSSR count). The first kappa shape index (κ1) is 17.7. The summed E-state index contributed by atoms with van der Waals surface area (Å²) in [5, 5.41) is 14.2. The van der Waals surface area contributed by atoms with Crippen molar-refractivity contribution in [3.05, 3.63) is 39.9 Å². The summed E-state index contributed by atoms with van der Waals surface area (Å²) in [6.45, 7) is 1.87. The van der Waals surface area contributed by atoms with Gasteiger partial charge in [-0.3, -0.25) is 14.9 Å². The highest BCUT2D eigenvalue weighted by molar-refractivity contribution is 5.85. The van der Waals surface area contributed by atoms with E-state index in [1.54, 1.807) is 12.1 Å². The van der Waals surface area contributed by atoms with Crippen molar-refractivity contribution >= 4 is 24.0 Å². The number of aryl methyl sites for hydroxylation is 1. The van der Waals surface area contributed by atoms with Crippen LogP contribution in [0, 0.1) is 10.1 Å². The molecule has 1 aromatic rings. The lowest BCUT2D eigenvalue weighted by atomic mass is 10.1. The molecule has 1 aromatic carbocycles. The lowest BCUT2D eigenvalue weighted by Gasteiger charge is -2.28. The summed E-state index contributed by atoms with van der Waals surface area (Å²) < 4.78 is 0. The number of carbonyl (C=O) groups excluding carboxylic acids is 1. The summed E-state index contributed by atoms with van der Waals surface area (Å²) in [6, 6.07) is 7.26. The first-order valence-electron chi connectivity index (χ1n) is 7.90. The second-order valence-electron chi connectivity index (χ2n) is 6.11. The smallest absolute Gasteiger partial charge is 0.269 e. The minimum absolute atomic E-state index is 0. The fourth-order valence-electron chi connectivity index (χ4n) is 3.60. The molecular formula is C16H22ClN3O3. The monoisotopic (exact) mass is 339 g/mol. The van der Waals surface area contributed by atoms with E-state index in [1.807, 2.05) is 6.07 Å². The second-order valence-corrected chi connectivity index (χ2v) is 6.11. The van der Waals surface area contributed by atoms with Crippen LogP contribution in [0.4, 0.5) is 5.69 Å². The number of nitro benzene ring substituents is 1. The average molecular weight is 340 g/mol. The Labute approximate surface area is 141 Å². The lowest BCUT2D eigenvalue weighted by Crippen LogP contribution is -2.42. The molecule has 7 heteroatoms. The van der Waals surface area contributed by atoms with Crippen molar-refractivity contribution in [2.24, 2.45) is 0 Å². The number of fused-ring (bicyclic) bond motifs is 2. The van der Waals surface area contributed by atoms with Gasteiger partial charge in [-0.25, -0.2) is 0 Å². The normalized spacial score (nSPS) is 23.0. The highest BCUT2D eigenvalue weighted by Crippen LogP contribution is 2.28. The number of nitro groups is 1. The number of carbonyl (C=O) groups is 1. The predicted molar refractivity (Wildman–Crippen MR) is 89.8 cm³/mol. The quantitative estimate of drug-likeness (QED) is 0.674. The fourth-order valence-corrected chi connectivity index (χ4v) is 3.60. The molecule has 1 N–H and O–H groups in total. The van der Waals surface area contributed by atoms with Crippen LogP contribution in [0.15, 0.2) is 24.3 Å². The molecule has 6 nitrogen and oxygen atoms in total. The van der Waals surface area contributed by atoms with Gasteiger partial charge in [-0.05, 0) is 37.8 Å². The standard InChI is InChI=1S/C16H21N3O3.ClH/c20-16(18-13-5-6-15(18)11-17-9-8-13)7-4-12-2-1-3-14(10-12)19(21)22;/h1-3,10,13,15,17H,4-9,11H2;1H. The van der Waals surface area contributed by atoms with Gasteiger partial charge in [0.2, 0.25) is 5.91 Å². The molecule has 2 aliphatic heterocycles. The van der Waals surface area contributed by atoms with Gasteiger partial charge in [0.05, 0.1) is 4.92 Å². The summed E-state index contributed by atoms with van der Waals surface area (Å²) in [7, 11) is 0. The summed E-state index contributed by atoms with van der Waals surface area (Å²) in [4.78, 5) is 25.0. The third-order valence-corrected chi connectivity index (χ3v) is 4.69. The van der Waals surface area contributed by atoms with Crippen molar-refractivity contribution in [3.8, 4) is 0 Å². The van der Waals surface area contributed by atoms with Crippen LogP contribution in [0.2, 0.25) is 0 Å². The summed E-state index contributed by atoms with van der Waals surface area (Å²) in [5.41, 5.74) is 0.937. The molecule has 0 aliphatic carbocycles. The fraction of sp³-hybridized carbons (Fsp3) is 0.562. The first-order chi connectivity index (χ1) is 10.6. The number of hydrogen-bond donors (Lipinski definition) is 1. The van der Waals surface area contributed by atoms with Crippen LogP contribution in [0.5, 0.6) is 0 Å². The highest BCUT2D eigenvalue weighted by atomic mass is 35.5. The van der Waals surface area contributed by atoms with Crippen molar-refractivity contribution in [1.29, 1.82) is 0 Å². The van der Waals surface area contributed by atoms with Gasteiger partial charge in [-0.1, -0.05) is 12.1 Å². The Morgan fingerprint density at radius 1 is 1.30 bits per heavy atom. The van der Waals surface area contributed by atoms with E-state index in [0.29, 0.717) is 24.9 Å². The van der Waals surface area contributed by atoms with Gasteiger partial charge < -0.3 is 10.2 Å². The van der Waals surface area contributed by atoms with E-state index in [4.69, 9.17) is 0 Å². The topological polar surface area (TPSA) is 75.5 Å². The van der Waals surface area contributed by atoms with Crippen molar-refractivity contribution in [3.63, 3.8) is 0 Å². The van der Waals surface area contributed by atoms with Gasteiger partial charge in [-0.2, -0.15) is 0 Å². The zero-order chi connectivity index (χ0) is 15.5. The number of non-ortho nitro benzene ring substituents is 1. The Bertz CT molecular complexity index is 567.